The molecule has 0 radical (unpaired) electrons. The average Bonchev–Trinajstić information content (AvgIpc) is 2.42. The Morgan fingerprint density at radius 1 is 1.25 bits per heavy atom. The topological polar surface area (TPSA) is 24.5 Å². The average molecular weight is 278 g/mol. The summed E-state index contributed by atoms with van der Waals surface area (Å²) in [5.74, 6) is 0.648. The first-order valence-corrected chi connectivity index (χ1v) is 7.49. The van der Waals surface area contributed by atoms with E-state index >= 15 is 0 Å². The lowest BCUT2D eigenvalue weighted by atomic mass is 10.0. The van der Waals surface area contributed by atoms with Crippen LogP contribution in [0.15, 0.2) is 18.2 Å². The van der Waals surface area contributed by atoms with Crippen molar-refractivity contribution in [2.24, 2.45) is 5.92 Å². The molecule has 0 aliphatic heterocycles. The Labute approximate surface area is 124 Å². The van der Waals surface area contributed by atoms with Crippen molar-refractivity contribution in [3.63, 3.8) is 0 Å². The van der Waals surface area contributed by atoms with Gasteiger partial charge in [-0.15, -0.1) is 0 Å². The summed E-state index contributed by atoms with van der Waals surface area (Å²) in [4.78, 5) is 2.38. The van der Waals surface area contributed by atoms with Crippen molar-refractivity contribution >= 4 is 5.69 Å². The first-order chi connectivity index (χ1) is 9.47. The number of ether oxygens (including phenoxy) is 1. The third-order valence-corrected chi connectivity index (χ3v) is 4.03. The Hall–Kier alpha value is -1.06. The maximum Gasteiger partial charge on any atom is 0.0587 e. The van der Waals surface area contributed by atoms with Crippen molar-refractivity contribution in [1.82, 2.24) is 5.32 Å². The van der Waals surface area contributed by atoms with Gasteiger partial charge < -0.3 is 15.0 Å². The second-order valence-electron chi connectivity index (χ2n) is 5.89. The minimum atomic E-state index is 0.541. The fourth-order valence-corrected chi connectivity index (χ4v) is 2.30. The van der Waals surface area contributed by atoms with Gasteiger partial charge in [-0.1, -0.05) is 26.0 Å². The van der Waals surface area contributed by atoms with Gasteiger partial charge in [-0.25, -0.2) is 0 Å². The highest BCUT2D eigenvalue weighted by Crippen LogP contribution is 2.24. The van der Waals surface area contributed by atoms with Crippen LogP contribution in [-0.4, -0.2) is 33.4 Å². The number of hydrogen-bond donors (Lipinski definition) is 1. The van der Waals surface area contributed by atoms with Gasteiger partial charge >= 0.3 is 0 Å². The minimum absolute atomic E-state index is 0.541. The van der Waals surface area contributed by atoms with Gasteiger partial charge in [0.15, 0.2) is 0 Å². The van der Waals surface area contributed by atoms with Crippen LogP contribution in [0.2, 0.25) is 0 Å². The van der Waals surface area contributed by atoms with Crippen molar-refractivity contribution in [1.29, 1.82) is 0 Å². The fraction of sp³-hybridized carbons (Fsp3) is 0.647. The summed E-state index contributed by atoms with van der Waals surface area (Å²) in [5, 5.41) is 3.38. The molecule has 0 aliphatic carbocycles. The van der Waals surface area contributed by atoms with Crippen molar-refractivity contribution < 1.29 is 4.74 Å². The number of anilines is 1. The molecular formula is C17H30N2O. The van der Waals surface area contributed by atoms with Crippen molar-refractivity contribution in [2.75, 3.05) is 32.2 Å². The Balaban J connectivity index is 2.68. The first-order valence-electron chi connectivity index (χ1n) is 7.49. The van der Waals surface area contributed by atoms with Crippen LogP contribution >= 0.6 is 0 Å². The van der Waals surface area contributed by atoms with E-state index in [2.05, 4.69) is 63.2 Å². The molecule has 20 heavy (non-hydrogen) atoms. The normalized spacial score (nSPS) is 12.8. The van der Waals surface area contributed by atoms with Crippen molar-refractivity contribution in [2.45, 2.75) is 40.3 Å². The van der Waals surface area contributed by atoms with Crippen LogP contribution in [0.4, 0.5) is 5.69 Å². The second kappa shape index (κ2) is 8.28. The largest absolute Gasteiger partial charge is 0.383 e. The van der Waals surface area contributed by atoms with Crippen molar-refractivity contribution in [3.8, 4) is 0 Å². The van der Waals surface area contributed by atoms with Gasteiger partial charge in [0.25, 0.3) is 0 Å². The van der Waals surface area contributed by atoms with Crippen LogP contribution in [0.25, 0.3) is 0 Å². The van der Waals surface area contributed by atoms with E-state index in [0.717, 1.165) is 19.7 Å². The summed E-state index contributed by atoms with van der Waals surface area (Å²) in [6.07, 6.45) is 0. The summed E-state index contributed by atoms with van der Waals surface area (Å²) in [6, 6.07) is 7.27. The molecule has 1 aromatic rings. The molecule has 0 aliphatic rings. The number of rotatable bonds is 8. The smallest absolute Gasteiger partial charge is 0.0587 e. The van der Waals surface area contributed by atoms with E-state index in [1.165, 1.54) is 16.8 Å². The number of benzene rings is 1. The minimum Gasteiger partial charge on any atom is -0.383 e. The zero-order chi connectivity index (χ0) is 15.1. The number of nitrogens with zero attached hydrogens (tertiary/aromatic N) is 1. The molecule has 1 aromatic carbocycles. The predicted molar refractivity (Wildman–Crippen MR) is 87.5 cm³/mol. The second-order valence-corrected chi connectivity index (χ2v) is 5.89. The molecule has 1 atom stereocenters. The molecule has 0 saturated heterocycles. The monoisotopic (exact) mass is 278 g/mol. The standard InChI is InChI=1S/C17H30N2O/c1-13(2)15(4)19(5)17-8-7-16(11-14(17)3)12-18-9-10-20-6/h7-8,11,13,15,18H,9-10,12H2,1-6H3. The van der Waals surface area contributed by atoms with E-state index in [9.17, 15) is 0 Å². The summed E-state index contributed by atoms with van der Waals surface area (Å²) in [7, 11) is 3.91. The Morgan fingerprint density at radius 2 is 1.95 bits per heavy atom. The van der Waals surface area contributed by atoms with E-state index in [1.807, 2.05) is 0 Å². The van der Waals surface area contributed by atoms with Crippen LogP contribution in [0.1, 0.15) is 31.9 Å². The molecule has 0 amide bonds. The van der Waals surface area contributed by atoms with E-state index in [0.29, 0.717) is 12.0 Å². The molecule has 1 N–H and O–H groups in total. The SMILES string of the molecule is COCCNCc1ccc(N(C)C(C)C(C)C)c(C)c1. The number of methoxy groups -OCH3 is 1. The molecule has 114 valence electrons. The molecule has 0 fully saturated rings. The molecule has 3 nitrogen and oxygen atoms in total. The molecule has 0 heterocycles. The zero-order valence-electron chi connectivity index (χ0n) is 13.9. The highest BCUT2D eigenvalue weighted by molar-refractivity contribution is 5.54. The third kappa shape index (κ3) is 4.80. The van der Waals surface area contributed by atoms with E-state index in [4.69, 9.17) is 4.74 Å². The van der Waals surface area contributed by atoms with Crippen LogP contribution in [-0.2, 0) is 11.3 Å². The lowest BCUT2D eigenvalue weighted by Gasteiger charge is -2.31. The Kier molecular flexibility index (Phi) is 7.03. The van der Waals surface area contributed by atoms with Gasteiger partial charge in [-0.05, 0) is 37.0 Å². The number of hydrogen-bond acceptors (Lipinski definition) is 3. The zero-order valence-corrected chi connectivity index (χ0v) is 13.9. The van der Waals surface area contributed by atoms with Crippen LogP contribution < -0.4 is 10.2 Å². The lowest BCUT2D eigenvalue weighted by Crippen LogP contribution is -2.33. The van der Waals surface area contributed by atoms with Crippen molar-refractivity contribution in [3.05, 3.63) is 29.3 Å². The predicted octanol–water partition coefficient (Wildman–Crippen LogP) is 3.21. The Morgan fingerprint density at radius 3 is 2.50 bits per heavy atom. The maximum atomic E-state index is 5.03. The van der Waals surface area contributed by atoms with E-state index in [-0.39, 0.29) is 0 Å². The highest BCUT2D eigenvalue weighted by Gasteiger charge is 2.15. The van der Waals surface area contributed by atoms with Gasteiger partial charge in [0.1, 0.15) is 0 Å². The van der Waals surface area contributed by atoms with Gasteiger partial charge in [-0.2, -0.15) is 0 Å². The Bertz CT molecular complexity index is 404. The molecule has 0 bridgehead atoms. The summed E-state index contributed by atoms with van der Waals surface area (Å²) >= 11 is 0. The molecule has 0 spiro atoms. The van der Waals surface area contributed by atoms with Crippen LogP contribution in [0.3, 0.4) is 0 Å². The van der Waals surface area contributed by atoms with Gasteiger partial charge in [0.05, 0.1) is 6.61 Å². The lowest BCUT2D eigenvalue weighted by molar-refractivity contribution is 0.199. The summed E-state index contributed by atoms with van der Waals surface area (Å²) in [5.41, 5.74) is 3.99. The molecule has 3 heteroatoms. The third-order valence-electron chi connectivity index (χ3n) is 4.03. The summed E-state index contributed by atoms with van der Waals surface area (Å²) < 4.78 is 5.03. The molecule has 0 aromatic heterocycles. The maximum absolute atomic E-state index is 5.03. The van der Waals surface area contributed by atoms with Gasteiger partial charge in [-0.3, -0.25) is 0 Å². The van der Waals surface area contributed by atoms with Crippen LogP contribution in [0, 0.1) is 12.8 Å². The molecular weight excluding hydrogens is 248 g/mol. The first kappa shape index (κ1) is 17.0. The fourth-order valence-electron chi connectivity index (χ4n) is 2.30. The van der Waals surface area contributed by atoms with E-state index in [1.54, 1.807) is 7.11 Å². The van der Waals surface area contributed by atoms with Gasteiger partial charge in [0.2, 0.25) is 0 Å². The van der Waals surface area contributed by atoms with E-state index < -0.39 is 0 Å². The molecule has 1 rings (SSSR count). The summed E-state index contributed by atoms with van der Waals surface area (Å²) in [6.45, 7) is 11.6. The number of aryl methyl sites for hydroxylation is 1. The molecule has 0 saturated carbocycles. The quantitative estimate of drug-likeness (QED) is 0.739. The highest BCUT2D eigenvalue weighted by atomic mass is 16.5. The van der Waals surface area contributed by atoms with Gasteiger partial charge in [0, 0.05) is 39.0 Å². The molecule has 1 unspecified atom stereocenters. The van der Waals surface area contributed by atoms with Crippen LogP contribution in [0.5, 0.6) is 0 Å². The number of nitrogens with one attached hydrogen (secondary N) is 1.